The van der Waals surface area contributed by atoms with Crippen molar-refractivity contribution >= 4 is 11.6 Å². The first-order valence-electron chi connectivity index (χ1n) is 6.52. The van der Waals surface area contributed by atoms with Gasteiger partial charge in [-0.05, 0) is 37.5 Å². The molecule has 2 rings (SSSR count). The second-order valence-electron chi connectivity index (χ2n) is 4.79. The van der Waals surface area contributed by atoms with Crippen molar-refractivity contribution in [3.8, 4) is 5.75 Å². The summed E-state index contributed by atoms with van der Waals surface area (Å²) in [6, 6.07) is 4.92. The predicted octanol–water partition coefficient (Wildman–Crippen LogP) is 1.26. The van der Waals surface area contributed by atoms with Gasteiger partial charge in [0.25, 0.3) is 5.91 Å². The van der Waals surface area contributed by atoms with Crippen LogP contribution >= 0.6 is 0 Å². The Balaban J connectivity index is 2.29. The molecule has 0 saturated carbocycles. The van der Waals surface area contributed by atoms with E-state index in [1.807, 2.05) is 0 Å². The summed E-state index contributed by atoms with van der Waals surface area (Å²) in [7, 11) is 1.53. The fraction of sp³-hybridized carbons (Fsp3) is 0.500. The highest BCUT2D eigenvalue weighted by Crippen LogP contribution is 2.26. The number of rotatable bonds is 3. The highest BCUT2D eigenvalue weighted by molar-refractivity contribution is 5.98. The van der Waals surface area contributed by atoms with Gasteiger partial charge in [0.1, 0.15) is 5.75 Å². The molecule has 0 radical (unpaired) electrons. The first-order chi connectivity index (χ1) is 9.17. The van der Waals surface area contributed by atoms with Gasteiger partial charge >= 0.3 is 0 Å². The molecule has 0 aromatic heterocycles. The first kappa shape index (κ1) is 13.7. The van der Waals surface area contributed by atoms with Crippen LogP contribution < -0.4 is 10.5 Å². The monoisotopic (exact) mass is 264 g/mol. The number of nitrogens with zero attached hydrogens (tertiary/aromatic N) is 1. The smallest absolute Gasteiger partial charge is 0.258 e. The van der Waals surface area contributed by atoms with E-state index >= 15 is 0 Å². The SMILES string of the molecule is COc1ccc(N)cc1C(=O)N1CCCCC1CO. The van der Waals surface area contributed by atoms with Gasteiger partial charge in [-0.25, -0.2) is 0 Å². The summed E-state index contributed by atoms with van der Waals surface area (Å²) in [5.41, 5.74) is 6.73. The molecule has 0 bridgehead atoms. The molecule has 104 valence electrons. The van der Waals surface area contributed by atoms with Gasteiger partial charge in [-0.3, -0.25) is 4.79 Å². The molecule has 1 aromatic carbocycles. The standard InChI is InChI=1S/C14H20N2O3/c1-19-13-6-5-10(15)8-12(13)14(18)16-7-3-2-4-11(16)9-17/h5-6,8,11,17H,2-4,7,9,15H2,1H3. The zero-order valence-corrected chi connectivity index (χ0v) is 11.1. The van der Waals surface area contributed by atoms with E-state index in [4.69, 9.17) is 10.5 Å². The number of aliphatic hydroxyl groups excluding tert-OH is 1. The van der Waals surface area contributed by atoms with Crippen molar-refractivity contribution in [3.05, 3.63) is 23.8 Å². The number of carbonyl (C=O) groups excluding carboxylic acids is 1. The number of piperidine rings is 1. The van der Waals surface area contributed by atoms with E-state index in [0.717, 1.165) is 19.3 Å². The molecule has 1 aliphatic heterocycles. The van der Waals surface area contributed by atoms with Gasteiger partial charge in [-0.2, -0.15) is 0 Å². The highest BCUT2D eigenvalue weighted by Gasteiger charge is 2.28. The lowest BCUT2D eigenvalue weighted by Crippen LogP contribution is -2.45. The largest absolute Gasteiger partial charge is 0.496 e. The second-order valence-corrected chi connectivity index (χ2v) is 4.79. The van der Waals surface area contributed by atoms with E-state index in [1.165, 1.54) is 7.11 Å². The molecular formula is C14H20N2O3. The first-order valence-corrected chi connectivity index (χ1v) is 6.52. The van der Waals surface area contributed by atoms with Crippen molar-refractivity contribution < 1.29 is 14.6 Å². The summed E-state index contributed by atoms with van der Waals surface area (Å²) in [6.07, 6.45) is 2.85. The Morgan fingerprint density at radius 1 is 1.53 bits per heavy atom. The maximum absolute atomic E-state index is 12.6. The molecular weight excluding hydrogens is 244 g/mol. The number of hydrogen-bond acceptors (Lipinski definition) is 4. The zero-order chi connectivity index (χ0) is 13.8. The van der Waals surface area contributed by atoms with Crippen LogP contribution in [-0.4, -0.2) is 42.2 Å². The van der Waals surface area contributed by atoms with E-state index in [-0.39, 0.29) is 18.6 Å². The number of nitrogens with two attached hydrogens (primary N) is 1. The van der Waals surface area contributed by atoms with Crippen molar-refractivity contribution in [2.24, 2.45) is 0 Å². The average molecular weight is 264 g/mol. The number of methoxy groups -OCH3 is 1. The van der Waals surface area contributed by atoms with E-state index < -0.39 is 0 Å². The van der Waals surface area contributed by atoms with Gasteiger partial charge in [0, 0.05) is 12.2 Å². The molecule has 1 aliphatic rings. The van der Waals surface area contributed by atoms with Crippen LogP contribution in [0.25, 0.3) is 0 Å². The summed E-state index contributed by atoms with van der Waals surface area (Å²) >= 11 is 0. The second kappa shape index (κ2) is 5.93. The van der Waals surface area contributed by atoms with Crippen molar-refractivity contribution in [3.63, 3.8) is 0 Å². The van der Waals surface area contributed by atoms with Crippen LogP contribution in [0.15, 0.2) is 18.2 Å². The normalized spacial score (nSPS) is 19.3. The third-order valence-corrected chi connectivity index (χ3v) is 3.55. The molecule has 0 spiro atoms. The number of ether oxygens (including phenoxy) is 1. The molecule has 1 atom stereocenters. The third-order valence-electron chi connectivity index (χ3n) is 3.55. The zero-order valence-electron chi connectivity index (χ0n) is 11.1. The molecule has 1 heterocycles. The number of hydrogen-bond donors (Lipinski definition) is 2. The number of aliphatic hydroxyl groups is 1. The molecule has 3 N–H and O–H groups in total. The summed E-state index contributed by atoms with van der Waals surface area (Å²) in [5, 5.41) is 9.39. The third kappa shape index (κ3) is 2.81. The van der Waals surface area contributed by atoms with E-state index in [2.05, 4.69) is 0 Å². The van der Waals surface area contributed by atoms with Gasteiger partial charge < -0.3 is 20.5 Å². The fourth-order valence-electron chi connectivity index (χ4n) is 2.51. The van der Waals surface area contributed by atoms with Gasteiger partial charge in [0.05, 0.1) is 25.3 Å². The Morgan fingerprint density at radius 2 is 2.32 bits per heavy atom. The van der Waals surface area contributed by atoms with Crippen LogP contribution in [0.1, 0.15) is 29.6 Å². The van der Waals surface area contributed by atoms with Crippen LogP contribution in [0, 0.1) is 0 Å². The lowest BCUT2D eigenvalue weighted by Gasteiger charge is -2.35. The molecule has 0 aliphatic carbocycles. The molecule has 5 nitrogen and oxygen atoms in total. The predicted molar refractivity (Wildman–Crippen MR) is 73.2 cm³/mol. The lowest BCUT2D eigenvalue weighted by atomic mass is 10.0. The van der Waals surface area contributed by atoms with E-state index in [0.29, 0.717) is 23.5 Å². The molecule has 1 saturated heterocycles. The number of carbonyl (C=O) groups is 1. The number of anilines is 1. The van der Waals surface area contributed by atoms with E-state index in [9.17, 15) is 9.90 Å². The Labute approximate surface area is 113 Å². The summed E-state index contributed by atoms with van der Waals surface area (Å²) in [6.45, 7) is 0.665. The van der Waals surface area contributed by atoms with E-state index in [1.54, 1.807) is 23.1 Å². The topological polar surface area (TPSA) is 75.8 Å². The van der Waals surface area contributed by atoms with Crippen molar-refractivity contribution in [2.75, 3.05) is 26.0 Å². The maximum Gasteiger partial charge on any atom is 0.258 e. The van der Waals surface area contributed by atoms with Crippen LogP contribution in [0.4, 0.5) is 5.69 Å². The minimum Gasteiger partial charge on any atom is -0.496 e. The van der Waals surface area contributed by atoms with Gasteiger partial charge in [-0.1, -0.05) is 0 Å². The number of amides is 1. The highest BCUT2D eigenvalue weighted by atomic mass is 16.5. The minimum atomic E-state index is -0.122. The Morgan fingerprint density at radius 3 is 3.00 bits per heavy atom. The number of nitrogen functional groups attached to an aromatic ring is 1. The van der Waals surface area contributed by atoms with Crippen LogP contribution in [-0.2, 0) is 0 Å². The van der Waals surface area contributed by atoms with Crippen molar-refractivity contribution in [1.82, 2.24) is 4.90 Å². The van der Waals surface area contributed by atoms with Gasteiger partial charge in [0.2, 0.25) is 0 Å². The van der Waals surface area contributed by atoms with Crippen LogP contribution in [0.2, 0.25) is 0 Å². The van der Waals surface area contributed by atoms with Crippen molar-refractivity contribution in [1.29, 1.82) is 0 Å². The Kier molecular flexibility index (Phi) is 4.27. The Bertz CT molecular complexity index is 462. The summed E-state index contributed by atoms with van der Waals surface area (Å²) < 4.78 is 5.22. The number of benzene rings is 1. The quantitative estimate of drug-likeness (QED) is 0.806. The Hall–Kier alpha value is -1.75. The molecule has 1 fully saturated rings. The molecule has 19 heavy (non-hydrogen) atoms. The summed E-state index contributed by atoms with van der Waals surface area (Å²) in [5.74, 6) is 0.393. The average Bonchev–Trinajstić information content (AvgIpc) is 2.46. The van der Waals surface area contributed by atoms with Crippen LogP contribution in [0.5, 0.6) is 5.75 Å². The maximum atomic E-state index is 12.6. The van der Waals surface area contributed by atoms with Crippen LogP contribution in [0.3, 0.4) is 0 Å². The molecule has 5 heteroatoms. The number of likely N-dealkylation sites (tertiary alicyclic amines) is 1. The molecule has 1 unspecified atom stereocenters. The van der Waals surface area contributed by atoms with Crippen molar-refractivity contribution in [2.45, 2.75) is 25.3 Å². The van der Waals surface area contributed by atoms with Gasteiger partial charge in [-0.15, -0.1) is 0 Å². The van der Waals surface area contributed by atoms with Gasteiger partial charge in [0.15, 0.2) is 0 Å². The molecule has 1 amide bonds. The fourth-order valence-corrected chi connectivity index (χ4v) is 2.51. The molecule has 1 aromatic rings. The minimum absolute atomic E-state index is 0.00360. The summed E-state index contributed by atoms with van der Waals surface area (Å²) in [4.78, 5) is 14.3. The lowest BCUT2D eigenvalue weighted by molar-refractivity contribution is 0.0500.